The summed E-state index contributed by atoms with van der Waals surface area (Å²) in [6, 6.07) is 28.6. The van der Waals surface area contributed by atoms with Gasteiger partial charge in [-0.3, -0.25) is 9.10 Å². The maximum Gasteiger partial charge on any atom is 0.264 e. The highest BCUT2D eigenvalue weighted by molar-refractivity contribution is 7.92. The fourth-order valence-corrected chi connectivity index (χ4v) is 5.26. The first-order valence-electron chi connectivity index (χ1n) is 10.3. The number of para-hydroxylation sites is 1. The molecule has 0 aliphatic carbocycles. The van der Waals surface area contributed by atoms with Crippen molar-refractivity contribution in [1.82, 2.24) is 0 Å². The summed E-state index contributed by atoms with van der Waals surface area (Å²) in [5, 5.41) is 3.46. The van der Waals surface area contributed by atoms with Gasteiger partial charge in [0.2, 0.25) is 0 Å². The Bertz CT molecular complexity index is 1410. The summed E-state index contributed by atoms with van der Waals surface area (Å²) >= 11 is 12.3. The molecule has 0 aliphatic heterocycles. The zero-order valence-corrected chi connectivity index (χ0v) is 20.2. The highest BCUT2D eigenvalue weighted by Crippen LogP contribution is 2.31. The van der Waals surface area contributed by atoms with Crippen LogP contribution in [0.3, 0.4) is 0 Å². The molecule has 0 spiro atoms. The lowest BCUT2D eigenvalue weighted by Gasteiger charge is -2.26. The summed E-state index contributed by atoms with van der Waals surface area (Å²) in [5.41, 5.74) is 1.52. The van der Waals surface area contributed by atoms with Crippen LogP contribution in [0.25, 0.3) is 0 Å². The van der Waals surface area contributed by atoms with Crippen molar-refractivity contribution in [3.63, 3.8) is 0 Å². The molecule has 0 aromatic heterocycles. The van der Waals surface area contributed by atoms with E-state index < -0.39 is 15.9 Å². The van der Waals surface area contributed by atoms with Crippen LogP contribution in [0.1, 0.15) is 15.9 Å². The summed E-state index contributed by atoms with van der Waals surface area (Å²) < 4.78 is 28.7. The second kappa shape index (κ2) is 10.3. The molecule has 0 aliphatic rings. The van der Waals surface area contributed by atoms with Gasteiger partial charge < -0.3 is 5.32 Å². The van der Waals surface area contributed by atoms with E-state index in [-0.39, 0.29) is 22.7 Å². The van der Waals surface area contributed by atoms with Gasteiger partial charge in [-0.25, -0.2) is 8.42 Å². The molecule has 1 N–H and O–H groups in total. The predicted molar refractivity (Wildman–Crippen MR) is 137 cm³/mol. The van der Waals surface area contributed by atoms with Crippen LogP contribution in [-0.2, 0) is 16.6 Å². The van der Waals surface area contributed by atoms with E-state index in [2.05, 4.69) is 5.32 Å². The van der Waals surface area contributed by atoms with Crippen molar-refractivity contribution in [1.29, 1.82) is 0 Å². The lowest BCUT2D eigenvalue weighted by atomic mass is 10.1. The topological polar surface area (TPSA) is 66.5 Å². The van der Waals surface area contributed by atoms with Gasteiger partial charge in [-0.15, -0.1) is 0 Å². The first-order valence-corrected chi connectivity index (χ1v) is 12.5. The Morgan fingerprint density at radius 1 is 0.794 bits per heavy atom. The van der Waals surface area contributed by atoms with E-state index in [0.717, 1.165) is 5.56 Å². The van der Waals surface area contributed by atoms with Crippen LogP contribution in [0.5, 0.6) is 0 Å². The molecule has 0 saturated heterocycles. The molecular formula is C26H20Cl2N2O3S. The van der Waals surface area contributed by atoms with Crippen LogP contribution in [0.15, 0.2) is 108 Å². The molecule has 0 atom stereocenters. The fourth-order valence-electron chi connectivity index (χ4n) is 3.43. The number of nitrogens with one attached hydrogen (secondary N) is 1. The SMILES string of the molecule is O=C(Nc1cc(Cl)ccc1Cl)c1ccccc1N(Cc1ccccc1)S(=O)(=O)c1ccccc1. The molecule has 0 unspecified atom stereocenters. The first kappa shape index (κ1) is 23.8. The van der Waals surface area contributed by atoms with E-state index in [4.69, 9.17) is 23.2 Å². The molecule has 172 valence electrons. The minimum atomic E-state index is -3.99. The Morgan fingerprint density at radius 3 is 2.12 bits per heavy atom. The van der Waals surface area contributed by atoms with Crippen molar-refractivity contribution in [2.75, 3.05) is 9.62 Å². The molecule has 0 radical (unpaired) electrons. The van der Waals surface area contributed by atoms with Crippen LogP contribution in [0.4, 0.5) is 11.4 Å². The number of rotatable bonds is 7. The second-order valence-corrected chi connectivity index (χ2v) is 10.1. The minimum Gasteiger partial charge on any atom is -0.321 e. The molecule has 8 heteroatoms. The third-order valence-corrected chi connectivity index (χ3v) is 7.43. The van der Waals surface area contributed by atoms with Crippen molar-refractivity contribution < 1.29 is 13.2 Å². The summed E-state index contributed by atoms with van der Waals surface area (Å²) in [4.78, 5) is 13.4. The van der Waals surface area contributed by atoms with E-state index in [1.165, 1.54) is 22.5 Å². The zero-order chi connectivity index (χ0) is 24.1. The van der Waals surface area contributed by atoms with Gasteiger partial charge in [-0.1, -0.05) is 83.9 Å². The molecule has 5 nitrogen and oxygen atoms in total. The van der Waals surface area contributed by atoms with E-state index in [1.54, 1.807) is 54.6 Å². The fraction of sp³-hybridized carbons (Fsp3) is 0.0385. The molecule has 4 rings (SSSR count). The Kier molecular flexibility index (Phi) is 7.22. The average molecular weight is 511 g/mol. The molecule has 0 saturated carbocycles. The molecule has 0 heterocycles. The van der Waals surface area contributed by atoms with Gasteiger partial charge in [0.1, 0.15) is 0 Å². The van der Waals surface area contributed by atoms with Gasteiger partial charge in [0.15, 0.2) is 0 Å². The number of benzene rings is 4. The summed E-state index contributed by atoms with van der Waals surface area (Å²) in [6.45, 7) is 0.0419. The smallest absolute Gasteiger partial charge is 0.264 e. The number of hydrogen-bond acceptors (Lipinski definition) is 3. The summed E-state index contributed by atoms with van der Waals surface area (Å²) in [6.07, 6.45) is 0. The number of hydrogen-bond donors (Lipinski definition) is 1. The van der Waals surface area contributed by atoms with Crippen molar-refractivity contribution in [2.24, 2.45) is 0 Å². The number of anilines is 2. The highest BCUT2D eigenvalue weighted by Gasteiger charge is 2.28. The maximum atomic E-state index is 13.7. The first-order chi connectivity index (χ1) is 16.4. The third kappa shape index (κ3) is 5.25. The van der Waals surface area contributed by atoms with E-state index in [0.29, 0.717) is 15.7 Å². The van der Waals surface area contributed by atoms with Gasteiger partial charge in [0, 0.05) is 5.02 Å². The highest BCUT2D eigenvalue weighted by atomic mass is 35.5. The van der Waals surface area contributed by atoms with Crippen LogP contribution in [-0.4, -0.2) is 14.3 Å². The van der Waals surface area contributed by atoms with Crippen LogP contribution >= 0.6 is 23.2 Å². The number of amides is 1. The molecule has 1 amide bonds. The Labute approximate surface area is 208 Å². The second-order valence-electron chi connectivity index (χ2n) is 7.41. The number of halogens is 2. The quantitative estimate of drug-likeness (QED) is 0.303. The monoisotopic (exact) mass is 510 g/mol. The maximum absolute atomic E-state index is 13.7. The van der Waals surface area contributed by atoms with E-state index >= 15 is 0 Å². The Balaban J connectivity index is 1.79. The largest absolute Gasteiger partial charge is 0.321 e. The minimum absolute atomic E-state index is 0.0419. The van der Waals surface area contributed by atoms with Gasteiger partial charge >= 0.3 is 0 Å². The lowest BCUT2D eigenvalue weighted by Crippen LogP contribution is -2.32. The van der Waals surface area contributed by atoms with Gasteiger partial charge in [0.25, 0.3) is 15.9 Å². The standard InChI is InChI=1S/C26H20Cl2N2O3S/c27-20-15-16-23(28)24(17-20)29-26(31)22-13-7-8-14-25(22)30(18-19-9-3-1-4-10-19)34(32,33)21-11-5-2-6-12-21/h1-17H,18H2,(H,29,31). The Hall–Kier alpha value is -3.32. The number of sulfonamides is 1. The van der Waals surface area contributed by atoms with Crippen molar-refractivity contribution in [2.45, 2.75) is 11.4 Å². The summed E-state index contributed by atoms with van der Waals surface area (Å²) in [5.74, 6) is -0.513. The normalized spacial score (nSPS) is 11.1. The van der Waals surface area contributed by atoms with Crippen LogP contribution in [0, 0.1) is 0 Å². The van der Waals surface area contributed by atoms with Crippen LogP contribution in [0.2, 0.25) is 10.0 Å². The average Bonchev–Trinajstić information content (AvgIpc) is 2.86. The molecule has 4 aromatic carbocycles. The Morgan fingerprint density at radius 2 is 1.41 bits per heavy atom. The number of carbonyl (C=O) groups is 1. The van der Waals surface area contributed by atoms with E-state index in [9.17, 15) is 13.2 Å². The predicted octanol–water partition coefficient (Wildman–Crippen LogP) is 6.64. The van der Waals surface area contributed by atoms with Crippen molar-refractivity contribution >= 4 is 50.5 Å². The zero-order valence-electron chi connectivity index (χ0n) is 17.9. The van der Waals surface area contributed by atoms with Gasteiger partial charge in [-0.05, 0) is 48.0 Å². The summed E-state index contributed by atoms with van der Waals surface area (Å²) in [7, 11) is -3.99. The molecular weight excluding hydrogens is 491 g/mol. The van der Waals surface area contributed by atoms with Crippen LogP contribution < -0.4 is 9.62 Å². The van der Waals surface area contributed by atoms with Gasteiger partial charge in [0.05, 0.1) is 33.4 Å². The molecule has 4 aromatic rings. The van der Waals surface area contributed by atoms with Crippen molar-refractivity contribution in [3.05, 3.63) is 124 Å². The lowest BCUT2D eigenvalue weighted by molar-refractivity contribution is 0.102. The number of nitrogens with zero attached hydrogens (tertiary/aromatic N) is 1. The molecule has 0 bridgehead atoms. The molecule has 34 heavy (non-hydrogen) atoms. The van der Waals surface area contributed by atoms with E-state index in [1.807, 2.05) is 30.3 Å². The number of carbonyl (C=O) groups excluding carboxylic acids is 1. The molecule has 0 fully saturated rings. The van der Waals surface area contributed by atoms with Crippen molar-refractivity contribution in [3.8, 4) is 0 Å². The van der Waals surface area contributed by atoms with Gasteiger partial charge in [-0.2, -0.15) is 0 Å². The third-order valence-electron chi connectivity index (χ3n) is 5.09.